The van der Waals surface area contributed by atoms with Crippen molar-refractivity contribution in [2.24, 2.45) is 5.92 Å². The van der Waals surface area contributed by atoms with Gasteiger partial charge in [-0.3, -0.25) is 4.68 Å². The van der Waals surface area contributed by atoms with Crippen LogP contribution in [0.1, 0.15) is 30.7 Å². The standard InChI is InChI=1S/C19H24N4O2/c24-19(20-10-15-9-18(15)14-5-2-1-3-6-14)22-16-11-21-23(12-16)13-17-7-4-8-25-17/h1-3,5-6,11-12,15,17-18H,4,7-10,13H2,(H2,20,22,24)/t15-,17-,18-/m0/s1. The number of nitrogens with zero attached hydrogens (tertiary/aromatic N) is 2. The minimum absolute atomic E-state index is 0.171. The first-order valence-corrected chi connectivity index (χ1v) is 9.02. The minimum Gasteiger partial charge on any atom is -0.376 e. The van der Waals surface area contributed by atoms with E-state index in [-0.39, 0.29) is 12.1 Å². The summed E-state index contributed by atoms with van der Waals surface area (Å²) in [6, 6.07) is 10.3. The summed E-state index contributed by atoms with van der Waals surface area (Å²) < 4.78 is 7.44. The van der Waals surface area contributed by atoms with Gasteiger partial charge in [0, 0.05) is 19.3 Å². The number of benzene rings is 1. The van der Waals surface area contributed by atoms with Crippen LogP contribution in [0, 0.1) is 5.92 Å². The highest BCUT2D eigenvalue weighted by atomic mass is 16.5. The van der Waals surface area contributed by atoms with E-state index >= 15 is 0 Å². The Balaban J connectivity index is 1.20. The van der Waals surface area contributed by atoms with Crippen LogP contribution in [0.2, 0.25) is 0 Å². The van der Waals surface area contributed by atoms with Gasteiger partial charge in [-0.15, -0.1) is 0 Å². The molecule has 2 aromatic rings. The maximum absolute atomic E-state index is 12.1. The van der Waals surface area contributed by atoms with Crippen molar-refractivity contribution in [1.82, 2.24) is 15.1 Å². The Bertz CT molecular complexity index is 709. The van der Waals surface area contributed by atoms with Crippen LogP contribution in [-0.2, 0) is 11.3 Å². The number of aromatic nitrogens is 2. The molecule has 2 heterocycles. The fraction of sp³-hybridized carbons (Fsp3) is 0.474. The molecule has 1 aliphatic carbocycles. The molecular formula is C19H24N4O2. The van der Waals surface area contributed by atoms with E-state index in [1.807, 2.05) is 16.9 Å². The minimum atomic E-state index is -0.171. The Labute approximate surface area is 147 Å². The largest absolute Gasteiger partial charge is 0.376 e. The summed E-state index contributed by atoms with van der Waals surface area (Å²) in [4.78, 5) is 12.1. The molecule has 1 aromatic heterocycles. The van der Waals surface area contributed by atoms with Crippen LogP contribution in [-0.4, -0.2) is 35.1 Å². The molecule has 1 aromatic carbocycles. The molecule has 0 unspecified atom stereocenters. The highest BCUT2D eigenvalue weighted by Gasteiger charge is 2.38. The maximum Gasteiger partial charge on any atom is 0.319 e. The van der Waals surface area contributed by atoms with Gasteiger partial charge >= 0.3 is 6.03 Å². The van der Waals surface area contributed by atoms with Crippen LogP contribution in [0.3, 0.4) is 0 Å². The lowest BCUT2D eigenvalue weighted by Gasteiger charge is -2.08. The van der Waals surface area contributed by atoms with Crippen LogP contribution in [0.5, 0.6) is 0 Å². The quantitative estimate of drug-likeness (QED) is 0.849. The van der Waals surface area contributed by atoms with Crippen LogP contribution >= 0.6 is 0 Å². The fourth-order valence-corrected chi connectivity index (χ4v) is 3.51. The topological polar surface area (TPSA) is 68.2 Å². The zero-order valence-electron chi connectivity index (χ0n) is 14.2. The van der Waals surface area contributed by atoms with Crippen molar-refractivity contribution in [1.29, 1.82) is 0 Å². The second-order valence-corrected chi connectivity index (χ2v) is 6.93. The Morgan fingerprint density at radius 1 is 1.32 bits per heavy atom. The number of carbonyl (C=O) groups is 1. The molecular weight excluding hydrogens is 316 g/mol. The Morgan fingerprint density at radius 2 is 2.20 bits per heavy atom. The van der Waals surface area contributed by atoms with Crippen LogP contribution in [0.25, 0.3) is 0 Å². The average Bonchev–Trinajstić information content (AvgIpc) is 2.98. The molecule has 3 atom stereocenters. The summed E-state index contributed by atoms with van der Waals surface area (Å²) in [6.45, 7) is 2.28. The van der Waals surface area contributed by atoms with E-state index in [9.17, 15) is 4.79 Å². The molecule has 1 saturated heterocycles. The third kappa shape index (κ3) is 4.20. The summed E-state index contributed by atoms with van der Waals surface area (Å²) >= 11 is 0. The Kier molecular flexibility index (Phi) is 4.70. The summed E-state index contributed by atoms with van der Waals surface area (Å²) in [5.41, 5.74) is 2.08. The average molecular weight is 340 g/mol. The number of rotatable bonds is 6. The van der Waals surface area contributed by atoms with E-state index in [0.717, 1.165) is 32.4 Å². The number of carbonyl (C=O) groups excluding carboxylic acids is 1. The second kappa shape index (κ2) is 7.27. The molecule has 1 aliphatic heterocycles. The zero-order chi connectivity index (χ0) is 17.1. The first-order valence-electron chi connectivity index (χ1n) is 9.02. The summed E-state index contributed by atoms with van der Waals surface area (Å²) in [7, 11) is 0. The first kappa shape index (κ1) is 16.1. The predicted octanol–water partition coefficient (Wildman–Crippen LogP) is 2.99. The number of hydrogen-bond donors (Lipinski definition) is 2. The molecule has 6 nitrogen and oxygen atoms in total. The van der Waals surface area contributed by atoms with Crippen molar-refractivity contribution < 1.29 is 9.53 Å². The van der Waals surface area contributed by atoms with Crippen molar-refractivity contribution in [3.05, 3.63) is 48.3 Å². The first-order chi connectivity index (χ1) is 12.3. The van der Waals surface area contributed by atoms with Gasteiger partial charge in [0.1, 0.15) is 0 Å². The summed E-state index contributed by atoms with van der Waals surface area (Å²) in [6.07, 6.45) is 7.11. The van der Waals surface area contributed by atoms with Crippen molar-refractivity contribution in [3.8, 4) is 0 Å². The van der Waals surface area contributed by atoms with Gasteiger partial charge in [-0.2, -0.15) is 5.10 Å². The van der Waals surface area contributed by atoms with E-state index in [4.69, 9.17) is 4.74 Å². The lowest BCUT2D eigenvalue weighted by Crippen LogP contribution is -2.30. The second-order valence-electron chi connectivity index (χ2n) is 6.93. The molecule has 2 fully saturated rings. The van der Waals surface area contributed by atoms with E-state index in [1.165, 1.54) is 5.56 Å². The monoisotopic (exact) mass is 340 g/mol. The number of ether oxygens (including phenoxy) is 1. The molecule has 132 valence electrons. The molecule has 2 amide bonds. The number of anilines is 1. The highest BCUT2D eigenvalue weighted by molar-refractivity contribution is 5.88. The highest BCUT2D eigenvalue weighted by Crippen LogP contribution is 2.46. The number of hydrogen-bond acceptors (Lipinski definition) is 3. The van der Waals surface area contributed by atoms with Crippen LogP contribution in [0.15, 0.2) is 42.7 Å². The van der Waals surface area contributed by atoms with E-state index in [1.54, 1.807) is 6.20 Å². The number of amides is 2. The number of nitrogens with one attached hydrogen (secondary N) is 2. The van der Waals surface area contributed by atoms with Gasteiger partial charge in [-0.25, -0.2) is 4.79 Å². The third-order valence-electron chi connectivity index (χ3n) is 4.98. The summed E-state index contributed by atoms with van der Waals surface area (Å²) in [5.74, 6) is 1.12. The normalized spacial score (nSPS) is 24.9. The van der Waals surface area contributed by atoms with Gasteiger partial charge in [0.15, 0.2) is 0 Å². The van der Waals surface area contributed by atoms with Gasteiger partial charge in [-0.1, -0.05) is 30.3 Å². The molecule has 0 radical (unpaired) electrons. The van der Waals surface area contributed by atoms with Crippen molar-refractivity contribution in [2.45, 2.75) is 37.8 Å². The fourth-order valence-electron chi connectivity index (χ4n) is 3.51. The number of urea groups is 1. The van der Waals surface area contributed by atoms with E-state index in [0.29, 0.717) is 24.1 Å². The van der Waals surface area contributed by atoms with Crippen molar-refractivity contribution in [3.63, 3.8) is 0 Å². The Hall–Kier alpha value is -2.34. The molecule has 6 heteroatoms. The molecule has 0 bridgehead atoms. The SMILES string of the molecule is O=C(NC[C@@H]1C[C@H]1c1ccccc1)Nc1cnn(C[C@@H]2CCCO2)c1. The van der Waals surface area contributed by atoms with Gasteiger partial charge in [0.05, 0.1) is 24.5 Å². The zero-order valence-corrected chi connectivity index (χ0v) is 14.2. The maximum atomic E-state index is 12.1. The van der Waals surface area contributed by atoms with Gasteiger partial charge < -0.3 is 15.4 Å². The van der Waals surface area contributed by atoms with Gasteiger partial charge in [0.2, 0.25) is 0 Å². The smallest absolute Gasteiger partial charge is 0.319 e. The molecule has 25 heavy (non-hydrogen) atoms. The molecule has 2 aliphatic rings. The molecule has 2 N–H and O–H groups in total. The van der Waals surface area contributed by atoms with Crippen molar-refractivity contribution >= 4 is 11.7 Å². The molecule has 1 saturated carbocycles. The predicted molar refractivity (Wildman–Crippen MR) is 95.5 cm³/mol. The van der Waals surface area contributed by atoms with Gasteiger partial charge in [-0.05, 0) is 36.7 Å². The molecule has 4 rings (SSSR count). The van der Waals surface area contributed by atoms with E-state index < -0.39 is 0 Å². The lowest BCUT2D eigenvalue weighted by atomic mass is 10.1. The van der Waals surface area contributed by atoms with Crippen molar-refractivity contribution in [2.75, 3.05) is 18.5 Å². The summed E-state index contributed by atoms with van der Waals surface area (Å²) in [5, 5.41) is 10.1. The van der Waals surface area contributed by atoms with E-state index in [2.05, 4.69) is 40.0 Å². The van der Waals surface area contributed by atoms with Crippen LogP contribution < -0.4 is 10.6 Å². The lowest BCUT2D eigenvalue weighted by molar-refractivity contribution is 0.0940. The molecule has 0 spiro atoms. The van der Waals surface area contributed by atoms with Crippen LogP contribution in [0.4, 0.5) is 10.5 Å². The third-order valence-corrected chi connectivity index (χ3v) is 4.98. The van der Waals surface area contributed by atoms with Gasteiger partial charge in [0.25, 0.3) is 0 Å². The Morgan fingerprint density at radius 3 is 3.00 bits per heavy atom.